The van der Waals surface area contributed by atoms with Gasteiger partial charge in [-0.1, -0.05) is 0 Å². The molecule has 0 amide bonds. The minimum Gasteiger partial charge on any atom is -0.480 e. The predicted octanol–water partition coefficient (Wildman–Crippen LogP) is -0.276. The molecule has 0 saturated heterocycles. The molecule has 72 valence electrons. The van der Waals surface area contributed by atoms with Gasteiger partial charge >= 0.3 is 5.97 Å². The van der Waals surface area contributed by atoms with Gasteiger partial charge in [0.25, 0.3) is 0 Å². The van der Waals surface area contributed by atoms with Crippen molar-refractivity contribution in [2.24, 2.45) is 0 Å². The molecule has 0 saturated carbocycles. The molecule has 2 N–H and O–H groups in total. The molecule has 6 nitrogen and oxygen atoms in total. The molecule has 0 bridgehead atoms. The van der Waals surface area contributed by atoms with Gasteiger partial charge in [0, 0.05) is 0 Å². The lowest BCUT2D eigenvalue weighted by molar-refractivity contribution is -0.137. The number of aromatic nitrogens is 3. The molecule has 0 fully saturated rings. The van der Waals surface area contributed by atoms with E-state index in [-0.39, 0.29) is 12.4 Å². The van der Waals surface area contributed by atoms with Crippen LogP contribution in [0.3, 0.4) is 0 Å². The highest BCUT2D eigenvalue weighted by Crippen LogP contribution is 2.10. The van der Waals surface area contributed by atoms with E-state index in [9.17, 15) is 9.90 Å². The average Bonchev–Trinajstić information content (AvgIpc) is 2.32. The number of nitrogens with zero attached hydrogens (tertiary/aromatic N) is 3. The lowest BCUT2D eigenvalue weighted by Gasteiger charge is -2.06. The van der Waals surface area contributed by atoms with Crippen LogP contribution in [0, 0.1) is 6.92 Å². The van der Waals surface area contributed by atoms with Crippen molar-refractivity contribution in [2.45, 2.75) is 26.5 Å². The molecule has 1 aromatic heterocycles. The standard InChI is InChI=1S/C7H11N3O3/c1-4(11)7-9-8-5(2)10(7)3-6(12)13/h4,11H,3H2,1-2H3,(H,12,13). The zero-order valence-electron chi connectivity index (χ0n) is 7.43. The molecule has 1 heterocycles. The summed E-state index contributed by atoms with van der Waals surface area (Å²) < 4.78 is 1.37. The maximum absolute atomic E-state index is 10.4. The molecule has 6 heteroatoms. The Bertz CT molecular complexity index is 319. The maximum Gasteiger partial charge on any atom is 0.323 e. The number of aliphatic carboxylic acids is 1. The van der Waals surface area contributed by atoms with Crippen molar-refractivity contribution in [3.05, 3.63) is 11.6 Å². The fraction of sp³-hybridized carbons (Fsp3) is 0.571. The topological polar surface area (TPSA) is 88.2 Å². The van der Waals surface area contributed by atoms with Crippen LogP contribution in [0.15, 0.2) is 0 Å². The van der Waals surface area contributed by atoms with Crippen LogP contribution in [0.2, 0.25) is 0 Å². The van der Waals surface area contributed by atoms with E-state index < -0.39 is 12.1 Å². The molecule has 1 aromatic rings. The van der Waals surface area contributed by atoms with Crippen LogP contribution in [-0.4, -0.2) is 30.9 Å². The molecule has 1 atom stereocenters. The maximum atomic E-state index is 10.4. The van der Waals surface area contributed by atoms with E-state index in [0.717, 1.165) is 0 Å². The minimum atomic E-state index is -0.982. The van der Waals surface area contributed by atoms with Gasteiger partial charge in [0.15, 0.2) is 5.82 Å². The second-order valence-corrected chi connectivity index (χ2v) is 2.76. The average molecular weight is 185 g/mol. The lowest BCUT2D eigenvalue weighted by atomic mass is 10.4. The van der Waals surface area contributed by atoms with Crippen molar-refractivity contribution in [3.63, 3.8) is 0 Å². The molecular weight excluding hydrogens is 174 g/mol. The van der Waals surface area contributed by atoms with E-state index in [1.165, 1.54) is 11.5 Å². The van der Waals surface area contributed by atoms with Crippen LogP contribution in [0.5, 0.6) is 0 Å². The third-order valence-electron chi connectivity index (χ3n) is 1.63. The van der Waals surface area contributed by atoms with E-state index in [0.29, 0.717) is 5.82 Å². The molecule has 0 aliphatic carbocycles. The highest BCUT2D eigenvalue weighted by atomic mass is 16.4. The Balaban J connectivity index is 3.01. The van der Waals surface area contributed by atoms with E-state index in [2.05, 4.69) is 10.2 Å². The van der Waals surface area contributed by atoms with Gasteiger partial charge in [0.05, 0.1) is 0 Å². The Morgan fingerprint density at radius 2 is 2.23 bits per heavy atom. The van der Waals surface area contributed by atoms with Crippen molar-refractivity contribution in [1.29, 1.82) is 0 Å². The molecular formula is C7H11N3O3. The van der Waals surface area contributed by atoms with E-state index in [1.54, 1.807) is 6.92 Å². The fourth-order valence-electron chi connectivity index (χ4n) is 1.04. The molecule has 13 heavy (non-hydrogen) atoms. The first kappa shape index (κ1) is 9.66. The van der Waals surface area contributed by atoms with E-state index >= 15 is 0 Å². The number of hydrogen-bond donors (Lipinski definition) is 2. The van der Waals surface area contributed by atoms with Gasteiger partial charge in [0.1, 0.15) is 18.5 Å². The minimum absolute atomic E-state index is 0.223. The van der Waals surface area contributed by atoms with Crippen LogP contribution in [-0.2, 0) is 11.3 Å². The van der Waals surface area contributed by atoms with Crippen molar-refractivity contribution >= 4 is 5.97 Å². The molecule has 0 aliphatic heterocycles. The van der Waals surface area contributed by atoms with Crippen molar-refractivity contribution < 1.29 is 15.0 Å². The number of aliphatic hydroxyl groups is 1. The first-order chi connectivity index (χ1) is 6.02. The number of aliphatic hydroxyl groups excluding tert-OH is 1. The zero-order valence-corrected chi connectivity index (χ0v) is 7.43. The highest BCUT2D eigenvalue weighted by Gasteiger charge is 2.14. The quantitative estimate of drug-likeness (QED) is 0.676. The Morgan fingerprint density at radius 3 is 2.69 bits per heavy atom. The Morgan fingerprint density at radius 1 is 1.62 bits per heavy atom. The number of hydrogen-bond acceptors (Lipinski definition) is 4. The van der Waals surface area contributed by atoms with Crippen molar-refractivity contribution in [3.8, 4) is 0 Å². The first-order valence-electron chi connectivity index (χ1n) is 3.82. The van der Waals surface area contributed by atoms with Crippen LogP contribution in [0.1, 0.15) is 24.7 Å². The summed E-state index contributed by atoms with van der Waals surface area (Å²) in [7, 11) is 0. The van der Waals surface area contributed by atoms with Gasteiger partial charge < -0.3 is 14.8 Å². The van der Waals surface area contributed by atoms with Gasteiger partial charge in [0.2, 0.25) is 0 Å². The molecule has 0 aliphatic rings. The summed E-state index contributed by atoms with van der Waals surface area (Å²) >= 11 is 0. The predicted molar refractivity (Wildman–Crippen MR) is 43.0 cm³/mol. The number of carboxylic acid groups (broad SMARTS) is 1. The largest absolute Gasteiger partial charge is 0.480 e. The van der Waals surface area contributed by atoms with Gasteiger partial charge in [-0.2, -0.15) is 0 Å². The van der Waals surface area contributed by atoms with Gasteiger partial charge in [-0.25, -0.2) is 0 Å². The SMILES string of the molecule is Cc1nnc(C(C)O)n1CC(=O)O. The summed E-state index contributed by atoms with van der Waals surface area (Å²) in [5.41, 5.74) is 0. The van der Waals surface area contributed by atoms with E-state index in [1.807, 2.05) is 0 Å². The molecule has 0 spiro atoms. The van der Waals surface area contributed by atoms with Crippen molar-refractivity contribution in [2.75, 3.05) is 0 Å². The normalized spacial score (nSPS) is 12.8. The zero-order chi connectivity index (χ0) is 10.0. The van der Waals surface area contributed by atoms with E-state index in [4.69, 9.17) is 5.11 Å². The summed E-state index contributed by atoms with van der Waals surface area (Å²) in [6, 6.07) is 0. The van der Waals surface area contributed by atoms with Crippen molar-refractivity contribution in [1.82, 2.24) is 14.8 Å². The smallest absolute Gasteiger partial charge is 0.323 e. The summed E-state index contributed by atoms with van der Waals surface area (Å²) in [6.07, 6.45) is -0.805. The Labute approximate surface area is 74.8 Å². The Hall–Kier alpha value is -1.43. The van der Waals surface area contributed by atoms with Gasteiger partial charge in [-0.3, -0.25) is 4.79 Å². The highest BCUT2D eigenvalue weighted by molar-refractivity contribution is 5.66. The summed E-state index contributed by atoms with van der Waals surface area (Å²) in [5.74, 6) is -0.219. The fourth-order valence-corrected chi connectivity index (χ4v) is 1.04. The van der Waals surface area contributed by atoms with Gasteiger partial charge in [-0.05, 0) is 13.8 Å². The van der Waals surface area contributed by atoms with Crippen LogP contribution >= 0.6 is 0 Å². The third kappa shape index (κ3) is 2.03. The Kier molecular flexibility index (Phi) is 2.62. The number of carboxylic acids is 1. The summed E-state index contributed by atoms with van der Waals surface area (Å²) in [5, 5.41) is 25.1. The number of rotatable bonds is 3. The molecule has 1 rings (SSSR count). The lowest BCUT2D eigenvalue weighted by Crippen LogP contribution is -2.14. The molecule has 1 unspecified atom stereocenters. The van der Waals surface area contributed by atoms with Crippen LogP contribution in [0.4, 0.5) is 0 Å². The van der Waals surface area contributed by atoms with Gasteiger partial charge in [-0.15, -0.1) is 10.2 Å². The molecule has 0 radical (unpaired) electrons. The summed E-state index contributed by atoms with van der Waals surface area (Å²) in [4.78, 5) is 10.4. The van der Waals surface area contributed by atoms with Crippen LogP contribution in [0.25, 0.3) is 0 Å². The number of aryl methyl sites for hydroxylation is 1. The second-order valence-electron chi connectivity index (χ2n) is 2.76. The third-order valence-corrected chi connectivity index (χ3v) is 1.63. The number of carbonyl (C=O) groups is 1. The molecule has 0 aromatic carbocycles. The monoisotopic (exact) mass is 185 g/mol. The summed E-state index contributed by atoms with van der Waals surface area (Å²) in [6.45, 7) is 2.93. The van der Waals surface area contributed by atoms with Crippen LogP contribution < -0.4 is 0 Å². The second kappa shape index (κ2) is 3.53. The first-order valence-corrected chi connectivity index (χ1v) is 3.82.